The number of carbonyl (C=O) groups excluding carboxylic acids is 1. The number of cyclic esters (lactones) is 1. The minimum Gasteiger partial charge on any atom is -0.477 e. The highest BCUT2D eigenvalue weighted by Gasteiger charge is 2.54. The lowest BCUT2D eigenvalue weighted by atomic mass is 9.73. The summed E-state index contributed by atoms with van der Waals surface area (Å²) in [5, 5.41) is 77.0. The van der Waals surface area contributed by atoms with Gasteiger partial charge in [-0.15, -0.1) is 0 Å². The summed E-state index contributed by atoms with van der Waals surface area (Å²) in [6.45, 7) is 18.0. The van der Waals surface area contributed by atoms with Gasteiger partial charge in [-0.2, -0.15) is 8.42 Å². The van der Waals surface area contributed by atoms with E-state index in [0.29, 0.717) is 6.42 Å². The average molecular weight is 1130 g/mol. The molecular weight excluding hydrogens is 1050 g/mol. The number of aromatic nitrogens is 2. The van der Waals surface area contributed by atoms with E-state index in [9.17, 15) is 53.5 Å². The number of carboxylic acids is 1. The first-order valence-corrected chi connectivity index (χ1v) is 28.3. The number of aryl methyl sites for hydroxylation is 1. The summed E-state index contributed by atoms with van der Waals surface area (Å²) in [6, 6.07) is 0.513. The topological polar surface area (TPSA) is 329 Å². The molecule has 2 aromatic rings. The van der Waals surface area contributed by atoms with E-state index in [4.69, 9.17) is 32.6 Å². The number of fused-ring (bicyclic) bond motifs is 1. The maximum absolute atomic E-state index is 15.1. The number of esters is 1. The largest absolute Gasteiger partial charge is 0.477 e. The van der Waals surface area contributed by atoms with Crippen LogP contribution in [0.5, 0.6) is 0 Å². The van der Waals surface area contributed by atoms with E-state index in [0.717, 1.165) is 12.3 Å². The van der Waals surface area contributed by atoms with Crippen LogP contribution in [0.1, 0.15) is 112 Å². The predicted octanol–water partition coefficient (Wildman–Crippen LogP) is 2.67. The molecule has 0 saturated carbocycles. The van der Waals surface area contributed by atoms with Gasteiger partial charge in [-0.3, -0.25) is 13.8 Å². The number of likely N-dealkylation sites (N-methyl/N-ethyl adjacent to an activating group) is 1. The van der Waals surface area contributed by atoms with Crippen LogP contribution < -0.4 is 16.1 Å². The lowest BCUT2D eigenvalue weighted by Crippen LogP contribution is -2.61. The van der Waals surface area contributed by atoms with E-state index >= 15 is 4.39 Å². The number of nitrogens with one attached hydrogen (secondary N) is 2. The van der Waals surface area contributed by atoms with Crippen LogP contribution in [0.4, 0.5) is 10.2 Å². The van der Waals surface area contributed by atoms with Gasteiger partial charge in [-0.1, -0.05) is 32.9 Å². The number of ether oxygens (including phenoxy) is 6. The zero-order chi connectivity index (χ0) is 58.6. The van der Waals surface area contributed by atoms with Crippen molar-refractivity contribution in [3.63, 3.8) is 0 Å². The highest BCUT2D eigenvalue weighted by molar-refractivity contribution is 7.86. The van der Waals surface area contributed by atoms with Crippen molar-refractivity contribution < 1.29 is 85.7 Å². The van der Waals surface area contributed by atoms with Gasteiger partial charge in [-0.05, 0) is 87.9 Å². The third kappa shape index (κ3) is 14.5. The Morgan fingerprint density at radius 2 is 1.65 bits per heavy atom. The minimum absolute atomic E-state index is 0.0392. The Morgan fingerprint density at radius 1 is 0.987 bits per heavy atom. The summed E-state index contributed by atoms with van der Waals surface area (Å²) in [4.78, 5) is 44.9. The highest BCUT2D eigenvalue weighted by atomic mass is 32.2. The molecule has 2 aromatic heterocycles. The van der Waals surface area contributed by atoms with Crippen LogP contribution in [0, 0.1) is 29.5 Å². The predicted molar refractivity (Wildman–Crippen MR) is 283 cm³/mol. The van der Waals surface area contributed by atoms with Crippen LogP contribution in [0.25, 0.3) is 11.0 Å². The number of pyridine rings is 2. The van der Waals surface area contributed by atoms with Gasteiger partial charge >= 0.3 is 11.9 Å². The van der Waals surface area contributed by atoms with Crippen LogP contribution >= 0.6 is 0 Å². The number of aliphatic hydroxyl groups is 4. The van der Waals surface area contributed by atoms with E-state index < -0.39 is 153 Å². The molecule has 0 aromatic carbocycles. The standard InChI is InChI=1S/C52H85FN6O18S/c1-15-36-52(11,67)42(62)28(5)38(57-68)26(3)23-50(9,66)43(76-49-40(61)35(58(12)13)21-27(4)72-49)29(6)41(30(7)48(65)74-36)75-37-24-51(10,71-14)44(31(8)73-37)77-78(69,70)20-19-54-17-18-55-45-34(53)22-32-39(60)33(47(63)64)25-59(16-2)46(32)56-45/h22,25-31,35-37,40-44,49,54,61-62,66-68H,15-21,23-24H2,1-14H3,(H,55,56)(H,63,64)/b57-38+/t26-,27-,28+,29+,30-,31+,35+,36-,37+,40-,41+,42-,43-,44+,49+,50-,51-,52-/m1/s1. The SMILES string of the molecule is CC[C@H]1OC(=O)[C@H](C)[C@@H](O[C@H]2C[C@@](C)(OC)[C@@H](OS(=O)(=O)CCNCCNc3nc4c(cc3F)c(=O)c(C(=O)O)cn4CC)[C@H](C)O2)[C@H](C)[C@@H](O[C@@H]2O[C@H](C)C[C@H](N(C)C)[C@H]2O)[C@](C)(O)C[C@@H](C)/C(=N\O)[C@H](C)[C@@H](O)[C@]1(C)O. The van der Waals surface area contributed by atoms with Crippen molar-refractivity contribution in [2.75, 3.05) is 51.9 Å². The van der Waals surface area contributed by atoms with E-state index in [1.165, 1.54) is 32.4 Å². The molecule has 5 heterocycles. The Balaban J connectivity index is 1.37. The molecule has 78 heavy (non-hydrogen) atoms. The molecule has 0 unspecified atom stereocenters. The molecule has 18 atom stereocenters. The van der Waals surface area contributed by atoms with E-state index in [2.05, 4.69) is 20.8 Å². The molecule has 5 rings (SSSR count). The number of carboxylic acid groups (broad SMARTS) is 1. The van der Waals surface area contributed by atoms with E-state index in [1.54, 1.807) is 48.5 Å². The molecule has 0 amide bonds. The number of methoxy groups -OCH3 is 1. The van der Waals surface area contributed by atoms with Crippen molar-refractivity contribution in [3.05, 3.63) is 33.9 Å². The number of rotatable bonds is 18. The van der Waals surface area contributed by atoms with Gasteiger partial charge in [0.2, 0.25) is 5.43 Å². The van der Waals surface area contributed by atoms with E-state index in [-0.39, 0.29) is 68.0 Å². The summed E-state index contributed by atoms with van der Waals surface area (Å²) in [6.07, 6.45) is -10.5. The Bertz CT molecular complexity index is 2590. The number of aliphatic hydroxyl groups excluding tert-OH is 2. The average Bonchev–Trinajstić information content (AvgIpc) is 3.36. The summed E-state index contributed by atoms with van der Waals surface area (Å²) in [5.41, 5.74) is -6.64. The molecule has 0 bridgehead atoms. The molecule has 3 aliphatic heterocycles. The van der Waals surface area contributed by atoms with Gasteiger partial charge in [0.15, 0.2) is 24.2 Å². The maximum atomic E-state index is 15.1. The van der Waals surface area contributed by atoms with Gasteiger partial charge in [-0.25, -0.2) is 14.2 Å². The van der Waals surface area contributed by atoms with Crippen LogP contribution in [0.15, 0.2) is 22.2 Å². The van der Waals surface area contributed by atoms with Gasteiger partial charge < -0.3 is 79.3 Å². The number of aromatic carboxylic acids is 1. The number of nitrogens with zero attached hydrogens (tertiary/aromatic N) is 4. The Labute approximate surface area is 456 Å². The summed E-state index contributed by atoms with van der Waals surface area (Å²) in [5.74, 6) is -7.89. The molecule has 26 heteroatoms. The molecule has 3 saturated heterocycles. The van der Waals surface area contributed by atoms with Gasteiger partial charge in [0.05, 0.1) is 64.5 Å². The van der Waals surface area contributed by atoms with Crippen LogP contribution in [0.2, 0.25) is 0 Å². The second kappa shape index (κ2) is 26.3. The van der Waals surface area contributed by atoms with E-state index in [1.807, 2.05) is 25.9 Å². The zero-order valence-corrected chi connectivity index (χ0v) is 48.2. The Morgan fingerprint density at radius 3 is 2.24 bits per heavy atom. The molecule has 3 fully saturated rings. The van der Waals surface area contributed by atoms with Crippen molar-refractivity contribution in [1.29, 1.82) is 0 Å². The molecule has 3 aliphatic rings. The second-order valence-electron chi connectivity index (χ2n) is 22.3. The lowest BCUT2D eigenvalue weighted by Gasteiger charge is -2.49. The minimum atomic E-state index is -4.31. The van der Waals surface area contributed by atoms with Crippen LogP contribution in [0.3, 0.4) is 0 Å². The van der Waals surface area contributed by atoms with Gasteiger partial charge in [0.1, 0.15) is 35.1 Å². The third-order valence-corrected chi connectivity index (χ3v) is 17.1. The fourth-order valence-electron chi connectivity index (χ4n) is 11.4. The lowest BCUT2D eigenvalue weighted by molar-refractivity contribution is -0.316. The fraction of sp³-hybridized carbons (Fsp3) is 0.788. The zero-order valence-electron chi connectivity index (χ0n) is 47.3. The maximum Gasteiger partial charge on any atom is 0.341 e. The van der Waals surface area contributed by atoms with Crippen molar-refractivity contribution in [1.82, 2.24) is 19.8 Å². The number of anilines is 1. The number of hydrogen-bond acceptors (Lipinski definition) is 22. The van der Waals surface area contributed by atoms with Gasteiger partial charge in [0.25, 0.3) is 10.1 Å². The summed E-state index contributed by atoms with van der Waals surface area (Å²) in [7, 11) is 0.687. The van der Waals surface area contributed by atoms with Crippen LogP contribution in [-0.4, -0.2) is 202 Å². The summed E-state index contributed by atoms with van der Waals surface area (Å²) < 4.78 is 87.7. The van der Waals surface area contributed by atoms with Crippen molar-refractivity contribution >= 4 is 44.6 Å². The first kappa shape index (κ1) is 64.8. The monoisotopic (exact) mass is 1130 g/mol. The number of oxime groups is 1. The summed E-state index contributed by atoms with van der Waals surface area (Å²) >= 11 is 0. The van der Waals surface area contributed by atoms with Gasteiger partial charge in [0, 0.05) is 69.7 Å². The Kier molecular flexibility index (Phi) is 21.8. The fourth-order valence-corrected chi connectivity index (χ4v) is 12.5. The van der Waals surface area contributed by atoms with Crippen molar-refractivity contribution in [3.8, 4) is 0 Å². The smallest absolute Gasteiger partial charge is 0.341 e. The first-order chi connectivity index (χ1) is 36.3. The molecule has 0 spiro atoms. The number of halogens is 1. The quantitative estimate of drug-likeness (QED) is 0.0350. The highest BCUT2D eigenvalue weighted by Crippen LogP contribution is 2.42. The second-order valence-corrected chi connectivity index (χ2v) is 24.0. The molecule has 0 aliphatic carbocycles. The normalized spacial score (nSPS) is 37.3. The van der Waals surface area contributed by atoms with Crippen molar-refractivity contribution in [2.24, 2.45) is 28.8 Å². The number of hydrogen-bond donors (Lipinski definition) is 8. The van der Waals surface area contributed by atoms with Crippen molar-refractivity contribution in [2.45, 2.75) is 193 Å². The third-order valence-electron chi connectivity index (χ3n) is 15.9. The molecule has 444 valence electrons. The number of carbonyl (C=O) groups is 2. The molecule has 8 N–H and O–H groups in total. The molecule has 0 radical (unpaired) electrons. The molecular formula is C52H85FN6O18S. The van der Waals surface area contributed by atoms with Crippen LogP contribution in [-0.2, 0) is 54.1 Å². The first-order valence-electron chi connectivity index (χ1n) is 26.7. The molecule has 24 nitrogen and oxygen atoms in total. The Hall–Kier alpha value is -4.03.